The Morgan fingerprint density at radius 2 is 1.80 bits per heavy atom. The number of carbonyl (C=O) groups is 2. The smallest absolute Gasteiger partial charge is 0.313 e. The van der Waals surface area contributed by atoms with Crippen LogP contribution in [0.2, 0.25) is 0 Å². The van der Waals surface area contributed by atoms with Crippen molar-refractivity contribution >= 4 is 11.8 Å². The quantitative estimate of drug-likeness (QED) is 0.323. The molecule has 0 heterocycles. The third-order valence-corrected chi connectivity index (χ3v) is 2.84. The summed E-state index contributed by atoms with van der Waals surface area (Å²) in [6, 6.07) is 3.05. The highest BCUT2D eigenvalue weighted by Gasteiger charge is 2.18. The van der Waals surface area contributed by atoms with E-state index in [1.54, 1.807) is 19.9 Å². The summed E-state index contributed by atoms with van der Waals surface area (Å²) in [5, 5.41) is 11.7. The van der Waals surface area contributed by atoms with Crippen molar-refractivity contribution in [2.24, 2.45) is 0 Å². The highest BCUT2D eigenvalue weighted by atomic mass is 19.1. The summed E-state index contributed by atoms with van der Waals surface area (Å²) in [6.07, 6.45) is -0.474. The molecule has 25 heavy (non-hydrogen) atoms. The van der Waals surface area contributed by atoms with Gasteiger partial charge in [-0.25, -0.2) is 4.39 Å². The van der Waals surface area contributed by atoms with Crippen molar-refractivity contribution in [1.82, 2.24) is 5.32 Å². The fraction of sp³-hybridized carbons (Fsp3) is 0.579. The van der Waals surface area contributed by atoms with Crippen molar-refractivity contribution < 1.29 is 23.8 Å². The van der Waals surface area contributed by atoms with Gasteiger partial charge in [-0.2, -0.15) is 0 Å². The monoisotopic (exact) mass is 357 g/mol. The van der Waals surface area contributed by atoms with E-state index in [4.69, 9.17) is 9.84 Å². The number of benzene rings is 1. The lowest BCUT2D eigenvalue weighted by Crippen LogP contribution is -2.18. The molecule has 0 saturated heterocycles. The van der Waals surface area contributed by atoms with Gasteiger partial charge in [0.1, 0.15) is 12.2 Å². The summed E-state index contributed by atoms with van der Waals surface area (Å²) in [5.41, 5.74) is 0.948. The first kappa shape index (κ1) is 25.5. The van der Waals surface area contributed by atoms with Crippen LogP contribution in [0.15, 0.2) is 12.1 Å². The van der Waals surface area contributed by atoms with Crippen LogP contribution >= 0.6 is 0 Å². The first-order valence-corrected chi connectivity index (χ1v) is 8.79. The maximum absolute atomic E-state index is 14.0. The molecular formula is C19H32FNO4. The second kappa shape index (κ2) is 15.7. The Balaban J connectivity index is 0. The Hall–Kier alpha value is -1.79. The lowest BCUT2D eigenvalue weighted by atomic mass is 10.0. The second-order valence-electron chi connectivity index (χ2n) is 4.58. The number of aliphatic hydroxyl groups excluding tert-OH is 1. The van der Waals surface area contributed by atoms with Gasteiger partial charge in [0.15, 0.2) is 5.78 Å². The highest BCUT2D eigenvalue weighted by Crippen LogP contribution is 2.17. The average Bonchev–Trinajstić information content (AvgIpc) is 2.61. The Kier molecular flexibility index (Phi) is 16.0. The van der Waals surface area contributed by atoms with E-state index in [0.29, 0.717) is 18.7 Å². The molecule has 2 N–H and O–H groups in total. The van der Waals surface area contributed by atoms with Gasteiger partial charge in [-0.1, -0.05) is 33.8 Å². The van der Waals surface area contributed by atoms with Gasteiger partial charge in [-0.05, 0) is 31.0 Å². The molecule has 6 heteroatoms. The Labute approximate surface area is 150 Å². The molecule has 0 aliphatic heterocycles. The molecule has 0 saturated carbocycles. The molecule has 0 amide bonds. The maximum atomic E-state index is 14.0. The van der Waals surface area contributed by atoms with E-state index >= 15 is 0 Å². The number of carbonyl (C=O) groups excluding carboxylic acids is 2. The van der Waals surface area contributed by atoms with Gasteiger partial charge in [0.05, 0.1) is 18.8 Å². The number of halogens is 1. The van der Waals surface area contributed by atoms with Crippen molar-refractivity contribution in [2.45, 2.75) is 54.5 Å². The minimum atomic E-state index is -0.664. The van der Waals surface area contributed by atoms with Crippen LogP contribution in [0.1, 0.15) is 62.5 Å². The molecule has 0 aromatic heterocycles. The fourth-order valence-electron chi connectivity index (χ4n) is 1.90. The first-order valence-electron chi connectivity index (χ1n) is 8.79. The van der Waals surface area contributed by atoms with Crippen LogP contribution in [-0.4, -0.2) is 36.6 Å². The second-order valence-corrected chi connectivity index (χ2v) is 4.58. The number of rotatable bonds is 8. The summed E-state index contributed by atoms with van der Waals surface area (Å²) < 4.78 is 18.7. The van der Waals surface area contributed by atoms with E-state index in [1.165, 1.54) is 6.07 Å². The van der Waals surface area contributed by atoms with Gasteiger partial charge in [0.2, 0.25) is 0 Å². The number of Topliss-reactive ketones (excluding diaryl/α,β-unsaturated/α-hetero) is 1. The SMILES string of the molecule is CC.CC.CCOC(=O)CC(=O)c1cc(CNCCO)cc(C)c1F. The van der Waals surface area contributed by atoms with Gasteiger partial charge in [-0.3, -0.25) is 9.59 Å². The Morgan fingerprint density at radius 3 is 2.32 bits per heavy atom. The average molecular weight is 357 g/mol. The van der Waals surface area contributed by atoms with Crippen LogP contribution in [0.25, 0.3) is 0 Å². The lowest BCUT2D eigenvalue weighted by Gasteiger charge is -2.10. The summed E-state index contributed by atoms with van der Waals surface area (Å²) in [7, 11) is 0. The van der Waals surface area contributed by atoms with Crippen molar-refractivity contribution in [3.8, 4) is 0 Å². The number of hydrogen-bond donors (Lipinski definition) is 2. The molecule has 0 aliphatic rings. The summed E-state index contributed by atoms with van der Waals surface area (Å²) in [6.45, 7) is 12.2. The van der Waals surface area contributed by atoms with E-state index in [-0.39, 0.29) is 18.8 Å². The zero-order valence-corrected chi connectivity index (χ0v) is 16.2. The lowest BCUT2D eigenvalue weighted by molar-refractivity contribution is -0.141. The largest absolute Gasteiger partial charge is 0.466 e. The Bertz CT molecular complexity index is 518. The number of nitrogens with one attached hydrogen (secondary N) is 1. The van der Waals surface area contributed by atoms with Gasteiger partial charge < -0.3 is 15.2 Å². The van der Waals surface area contributed by atoms with Crippen LogP contribution in [0.4, 0.5) is 4.39 Å². The molecule has 0 aliphatic carbocycles. The predicted molar refractivity (Wildman–Crippen MR) is 98.2 cm³/mol. The van der Waals surface area contributed by atoms with Crippen molar-refractivity contribution in [3.05, 3.63) is 34.6 Å². The molecule has 5 nitrogen and oxygen atoms in total. The van der Waals surface area contributed by atoms with Crippen LogP contribution in [0.3, 0.4) is 0 Å². The van der Waals surface area contributed by atoms with Crippen molar-refractivity contribution in [3.63, 3.8) is 0 Å². The summed E-state index contributed by atoms with van der Waals surface area (Å²) >= 11 is 0. The normalized spacial score (nSPS) is 9.28. The first-order chi connectivity index (χ1) is 12.0. The van der Waals surface area contributed by atoms with E-state index in [1.807, 2.05) is 27.7 Å². The molecule has 0 atom stereocenters. The standard InChI is InChI=1S/C15H20FNO4.2C2H6/c1-3-21-14(20)8-13(19)12-7-11(9-17-4-5-18)6-10(2)15(12)16;2*1-2/h6-7,17-18H,3-5,8-9H2,1-2H3;2*1-2H3. The number of hydrogen-bond acceptors (Lipinski definition) is 5. The minimum absolute atomic E-state index is 0.00514. The van der Waals surface area contributed by atoms with Gasteiger partial charge in [0, 0.05) is 13.1 Å². The van der Waals surface area contributed by atoms with E-state index in [2.05, 4.69) is 5.32 Å². The molecule has 0 fully saturated rings. The zero-order chi connectivity index (χ0) is 19.8. The third-order valence-electron chi connectivity index (χ3n) is 2.84. The summed E-state index contributed by atoms with van der Waals surface area (Å²) in [5.74, 6) is -1.88. The topological polar surface area (TPSA) is 75.6 Å². The molecule has 144 valence electrons. The van der Waals surface area contributed by atoms with Crippen molar-refractivity contribution in [1.29, 1.82) is 0 Å². The minimum Gasteiger partial charge on any atom is -0.466 e. The van der Waals surface area contributed by atoms with Crippen LogP contribution in [0, 0.1) is 12.7 Å². The number of ether oxygens (including phenoxy) is 1. The number of esters is 1. The van der Waals surface area contributed by atoms with E-state index < -0.39 is 24.0 Å². The molecule has 0 unspecified atom stereocenters. The molecule has 1 aromatic rings. The third kappa shape index (κ3) is 9.94. The van der Waals surface area contributed by atoms with Gasteiger partial charge >= 0.3 is 5.97 Å². The highest BCUT2D eigenvalue weighted by molar-refractivity contribution is 6.06. The molecule has 1 rings (SSSR count). The fourth-order valence-corrected chi connectivity index (χ4v) is 1.90. The Morgan fingerprint density at radius 1 is 1.20 bits per heavy atom. The van der Waals surface area contributed by atoms with Crippen molar-refractivity contribution in [2.75, 3.05) is 19.8 Å². The van der Waals surface area contributed by atoms with Crippen LogP contribution < -0.4 is 5.32 Å². The van der Waals surface area contributed by atoms with Gasteiger partial charge in [-0.15, -0.1) is 0 Å². The van der Waals surface area contributed by atoms with E-state index in [9.17, 15) is 14.0 Å². The predicted octanol–water partition coefficient (Wildman–Crippen LogP) is 3.40. The zero-order valence-electron chi connectivity index (χ0n) is 16.2. The number of aliphatic hydroxyl groups is 1. The van der Waals surface area contributed by atoms with Gasteiger partial charge in [0.25, 0.3) is 0 Å². The maximum Gasteiger partial charge on any atom is 0.313 e. The number of aryl methyl sites for hydroxylation is 1. The number of ketones is 1. The van der Waals surface area contributed by atoms with Crippen LogP contribution in [0.5, 0.6) is 0 Å². The summed E-state index contributed by atoms with van der Waals surface area (Å²) in [4.78, 5) is 23.3. The molecule has 0 radical (unpaired) electrons. The molecule has 0 bridgehead atoms. The molecular weight excluding hydrogens is 325 g/mol. The molecule has 0 spiro atoms. The van der Waals surface area contributed by atoms with E-state index in [0.717, 1.165) is 5.56 Å². The molecule has 1 aromatic carbocycles. The van der Waals surface area contributed by atoms with Crippen LogP contribution in [-0.2, 0) is 16.1 Å².